The number of rotatable bonds is 6. The van der Waals surface area contributed by atoms with Gasteiger partial charge in [0.05, 0.1) is 11.6 Å². The van der Waals surface area contributed by atoms with Crippen LogP contribution >= 0.6 is 36.2 Å². The van der Waals surface area contributed by atoms with Crippen LogP contribution in [0.1, 0.15) is 50.7 Å². The summed E-state index contributed by atoms with van der Waals surface area (Å²) in [6, 6.07) is -0.429. The summed E-state index contributed by atoms with van der Waals surface area (Å²) in [7, 11) is 0. The van der Waals surface area contributed by atoms with E-state index in [0.29, 0.717) is 6.42 Å². The van der Waals surface area contributed by atoms with E-state index in [2.05, 4.69) is 10.3 Å². The molecule has 1 aromatic heterocycles. The van der Waals surface area contributed by atoms with Gasteiger partial charge in [0, 0.05) is 11.1 Å². The quantitative estimate of drug-likeness (QED) is 0.834. The van der Waals surface area contributed by atoms with Gasteiger partial charge in [0.25, 0.3) is 0 Å². The number of carbonyl (C=O) groups is 1. The van der Waals surface area contributed by atoms with Gasteiger partial charge in [-0.15, -0.1) is 36.2 Å². The average molecular weight is 342 g/mol. The molecule has 0 spiro atoms. The van der Waals surface area contributed by atoms with Crippen molar-refractivity contribution in [2.24, 2.45) is 5.73 Å². The highest BCUT2D eigenvalue weighted by Gasteiger charge is 2.31. The highest BCUT2D eigenvalue weighted by molar-refractivity contribution is 7.09. The number of aryl methyl sites for hydroxylation is 1. The number of nitrogens with one attached hydrogen (secondary N) is 1. The van der Waals surface area contributed by atoms with Crippen molar-refractivity contribution < 1.29 is 4.79 Å². The number of hydrogen-bond acceptors (Lipinski definition) is 4. The van der Waals surface area contributed by atoms with E-state index in [1.54, 1.807) is 11.3 Å². The van der Waals surface area contributed by atoms with Crippen molar-refractivity contribution in [2.45, 2.75) is 58.5 Å². The lowest BCUT2D eigenvalue weighted by Gasteiger charge is -2.28. The standard InChI is InChI=1S/C13H23N3OS.2ClH/c1-5-7-10(14)11(17)16-13(4,6-2)12-15-9(3)8-18-12;;/h8,10H,5-7,14H2,1-4H3,(H,16,17);2*1H. The molecule has 20 heavy (non-hydrogen) atoms. The summed E-state index contributed by atoms with van der Waals surface area (Å²) in [6.07, 6.45) is 2.42. The van der Waals surface area contributed by atoms with Gasteiger partial charge in [0.1, 0.15) is 5.01 Å². The number of amides is 1. The summed E-state index contributed by atoms with van der Waals surface area (Å²) < 4.78 is 0. The van der Waals surface area contributed by atoms with E-state index in [1.807, 2.05) is 33.1 Å². The van der Waals surface area contributed by atoms with E-state index in [0.717, 1.165) is 23.5 Å². The maximum atomic E-state index is 12.0. The molecular formula is C13H25Cl2N3OS. The third kappa shape index (κ3) is 5.56. The summed E-state index contributed by atoms with van der Waals surface area (Å²) in [5.41, 5.74) is 6.42. The molecule has 1 amide bonds. The number of carbonyl (C=O) groups excluding carboxylic acids is 1. The smallest absolute Gasteiger partial charge is 0.237 e. The summed E-state index contributed by atoms with van der Waals surface area (Å²) in [6.45, 7) is 8.03. The molecule has 0 bridgehead atoms. The largest absolute Gasteiger partial charge is 0.343 e. The van der Waals surface area contributed by atoms with Crippen LogP contribution in [0.5, 0.6) is 0 Å². The highest BCUT2D eigenvalue weighted by atomic mass is 35.5. The third-order valence-corrected chi connectivity index (χ3v) is 4.36. The summed E-state index contributed by atoms with van der Waals surface area (Å²) in [5.74, 6) is -0.0888. The second-order valence-electron chi connectivity index (χ2n) is 4.86. The Kier molecular flexibility index (Phi) is 10.5. The first kappa shape index (κ1) is 21.9. The van der Waals surface area contributed by atoms with Crippen molar-refractivity contribution in [3.05, 3.63) is 16.1 Å². The lowest BCUT2D eigenvalue weighted by atomic mass is 9.98. The van der Waals surface area contributed by atoms with E-state index in [9.17, 15) is 4.79 Å². The normalized spacial score (nSPS) is 14.4. The first-order chi connectivity index (χ1) is 8.42. The van der Waals surface area contributed by atoms with Crippen molar-refractivity contribution in [1.29, 1.82) is 0 Å². The Morgan fingerprint density at radius 3 is 2.50 bits per heavy atom. The van der Waals surface area contributed by atoms with Crippen LogP contribution in [-0.2, 0) is 10.3 Å². The van der Waals surface area contributed by atoms with Gasteiger partial charge in [-0.05, 0) is 26.7 Å². The number of nitrogens with two attached hydrogens (primary N) is 1. The Hall–Kier alpha value is -0.360. The van der Waals surface area contributed by atoms with E-state index in [4.69, 9.17) is 5.73 Å². The van der Waals surface area contributed by atoms with Crippen LogP contribution in [0.3, 0.4) is 0 Å². The van der Waals surface area contributed by atoms with Crippen molar-refractivity contribution in [2.75, 3.05) is 0 Å². The molecule has 4 nitrogen and oxygen atoms in total. The Morgan fingerprint density at radius 1 is 1.50 bits per heavy atom. The molecule has 0 radical (unpaired) electrons. The van der Waals surface area contributed by atoms with Crippen LogP contribution in [0.15, 0.2) is 5.38 Å². The van der Waals surface area contributed by atoms with Crippen molar-refractivity contribution in [3.8, 4) is 0 Å². The van der Waals surface area contributed by atoms with Gasteiger partial charge in [-0.25, -0.2) is 4.98 Å². The first-order valence-electron chi connectivity index (χ1n) is 6.43. The van der Waals surface area contributed by atoms with E-state index in [1.165, 1.54) is 0 Å². The second kappa shape index (κ2) is 9.55. The molecular weight excluding hydrogens is 317 g/mol. The van der Waals surface area contributed by atoms with Gasteiger partial charge >= 0.3 is 0 Å². The fourth-order valence-electron chi connectivity index (χ4n) is 1.71. The van der Waals surface area contributed by atoms with Crippen LogP contribution < -0.4 is 11.1 Å². The van der Waals surface area contributed by atoms with Gasteiger partial charge in [-0.3, -0.25) is 4.79 Å². The van der Waals surface area contributed by atoms with Gasteiger partial charge in [-0.2, -0.15) is 0 Å². The fraction of sp³-hybridized carbons (Fsp3) is 0.692. The zero-order chi connectivity index (χ0) is 13.8. The van der Waals surface area contributed by atoms with E-state index >= 15 is 0 Å². The molecule has 0 aliphatic rings. The number of nitrogens with zero attached hydrogens (tertiary/aromatic N) is 1. The Morgan fingerprint density at radius 2 is 2.10 bits per heavy atom. The van der Waals surface area contributed by atoms with Crippen LogP contribution in [0.25, 0.3) is 0 Å². The molecule has 0 aliphatic carbocycles. The lowest BCUT2D eigenvalue weighted by Crippen LogP contribution is -2.50. The molecule has 2 atom stereocenters. The molecule has 1 heterocycles. The van der Waals surface area contributed by atoms with Crippen LogP contribution in [0, 0.1) is 6.92 Å². The molecule has 0 fully saturated rings. The molecule has 2 unspecified atom stereocenters. The minimum absolute atomic E-state index is 0. The fourth-order valence-corrected chi connectivity index (χ4v) is 2.69. The number of hydrogen-bond donors (Lipinski definition) is 2. The molecule has 0 aliphatic heterocycles. The van der Waals surface area contributed by atoms with Crippen molar-refractivity contribution in [1.82, 2.24) is 10.3 Å². The maximum Gasteiger partial charge on any atom is 0.237 e. The van der Waals surface area contributed by atoms with Crippen LogP contribution in [-0.4, -0.2) is 16.9 Å². The third-order valence-electron chi connectivity index (χ3n) is 3.13. The molecule has 7 heteroatoms. The molecule has 1 rings (SSSR count). The van der Waals surface area contributed by atoms with E-state index < -0.39 is 11.6 Å². The molecule has 0 saturated heterocycles. The van der Waals surface area contributed by atoms with E-state index in [-0.39, 0.29) is 30.7 Å². The van der Waals surface area contributed by atoms with Crippen LogP contribution in [0.4, 0.5) is 0 Å². The first-order valence-corrected chi connectivity index (χ1v) is 7.31. The Labute approximate surface area is 137 Å². The molecule has 1 aromatic rings. The molecule has 118 valence electrons. The predicted octanol–water partition coefficient (Wildman–Crippen LogP) is 3.16. The predicted molar refractivity (Wildman–Crippen MR) is 90.0 cm³/mol. The number of halogens is 2. The summed E-state index contributed by atoms with van der Waals surface area (Å²) in [4.78, 5) is 16.5. The second-order valence-corrected chi connectivity index (χ2v) is 5.72. The zero-order valence-electron chi connectivity index (χ0n) is 12.4. The molecule has 3 N–H and O–H groups in total. The maximum absolute atomic E-state index is 12.0. The SMILES string of the molecule is CCCC(N)C(=O)NC(C)(CC)c1nc(C)cs1.Cl.Cl. The molecule has 0 aromatic carbocycles. The topological polar surface area (TPSA) is 68.0 Å². The van der Waals surface area contributed by atoms with Gasteiger partial charge in [-0.1, -0.05) is 20.3 Å². The zero-order valence-corrected chi connectivity index (χ0v) is 14.9. The Balaban J connectivity index is 0. The summed E-state index contributed by atoms with van der Waals surface area (Å²) >= 11 is 1.58. The number of aromatic nitrogens is 1. The Bertz CT molecular complexity index is 414. The number of thiazole rings is 1. The molecule has 0 saturated carbocycles. The van der Waals surface area contributed by atoms with Gasteiger partial charge in [0.2, 0.25) is 5.91 Å². The monoisotopic (exact) mass is 341 g/mol. The minimum atomic E-state index is -0.429. The van der Waals surface area contributed by atoms with Crippen LogP contribution in [0.2, 0.25) is 0 Å². The lowest BCUT2D eigenvalue weighted by molar-refractivity contribution is -0.124. The van der Waals surface area contributed by atoms with Crippen molar-refractivity contribution in [3.63, 3.8) is 0 Å². The van der Waals surface area contributed by atoms with Gasteiger partial charge < -0.3 is 11.1 Å². The highest BCUT2D eigenvalue weighted by Crippen LogP contribution is 2.27. The summed E-state index contributed by atoms with van der Waals surface area (Å²) in [5, 5.41) is 5.99. The van der Waals surface area contributed by atoms with Crippen molar-refractivity contribution >= 4 is 42.1 Å². The van der Waals surface area contributed by atoms with Gasteiger partial charge in [0.15, 0.2) is 0 Å². The minimum Gasteiger partial charge on any atom is -0.343 e. The average Bonchev–Trinajstić information content (AvgIpc) is 2.76.